The smallest absolute Gasteiger partial charge is 0.282 e. The summed E-state index contributed by atoms with van der Waals surface area (Å²) < 4.78 is 31.1. The maximum atomic E-state index is 11.0. The number of hydrogen-bond acceptors (Lipinski definition) is 4. The molecule has 0 radical (unpaired) electrons. The van der Waals surface area contributed by atoms with Gasteiger partial charge in [0.2, 0.25) is 0 Å². The van der Waals surface area contributed by atoms with Crippen LogP contribution < -0.4 is 0 Å². The molecule has 0 aromatic heterocycles. The average Bonchev–Trinajstić information content (AvgIpc) is 2.74. The Morgan fingerprint density at radius 1 is 0.667 bits per heavy atom. The second-order valence-electron chi connectivity index (χ2n) is 7.77. The van der Waals surface area contributed by atoms with Crippen LogP contribution in [0, 0.1) is 0 Å². The quantitative estimate of drug-likeness (QED) is 0.188. The SMILES string of the molecule is CCCCCCCCCCCCc1ccc(N=Nc2ccc(S(=O)(=O)O)cc2)cc1. The highest BCUT2D eigenvalue weighted by Gasteiger charge is 2.08. The molecule has 2 aromatic rings. The van der Waals surface area contributed by atoms with Crippen LogP contribution in [0.5, 0.6) is 0 Å². The van der Waals surface area contributed by atoms with Gasteiger partial charge in [-0.15, -0.1) is 0 Å². The highest BCUT2D eigenvalue weighted by molar-refractivity contribution is 7.85. The molecule has 0 saturated carbocycles. The summed E-state index contributed by atoms with van der Waals surface area (Å²) in [6, 6.07) is 13.7. The van der Waals surface area contributed by atoms with Gasteiger partial charge in [-0.3, -0.25) is 4.55 Å². The van der Waals surface area contributed by atoms with E-state index in [9.17, 15) is 8.42 Å². The lowest BCUT2D eigenvalue weighted by Gasteiger charge is -2.03. The number of benzene rings is 2. The fraction of sp³-hybridized carbons (Fsp3) is 0.500. The second kappa shape index (κ2) is 13.3. The lowest BCUT2D eigenvalue weighted by atomic mass is 10.0. The van der Waals surface area contributed by atoms with Crippen molar-refractivity contribution in [1.82, 2.24) is 0 Å². The van der Waals surface area contributed by atoms with Crippen LogP contribution in [0.15, 0.2) is 63.7 Å². The molecule has 1 N–H and O–H groups in total. The van der Waals surface area contributed by atoms with E-state index in [1.165, 1.54) is 94.0 Å². The molecule has 0 unspecified atom stereocenters. The van der Waals surface area contributed by atoms with Crippen LogP contribution in [-0.2, 0) is 16.5 Å². The van der Waals surface area contributed by atoms with Crippen molar-refractivity contribution in [3.05, 3.63) is 54.1 Å². The lowest BCUT2D eigenvalue weighted by molar-refractivity contribution is 0.483. The molecule has 0 amide bonds. The van der Waals surface area contributed by atoms with Crippen LogP contribution in [0.2, 0.25) is 0 Å². The molecule has 2 aromatic carbocycles. The van der Waals surface area contributed by atoms with E-state index < -0.39 is 10.1 Å². The van der Waals surface area contributed by atoms with Gasteiger partial charge in [0.15, 0.2) is 0 Å². The Kier molecular flexibility index (Phi) is 10.7. The van der Waals surface area contributed by atoms with Gasteiger partial charge in [-0.05, 0) is 54.8 Å². The standard InChI is InChI=1S/C24H34N2O3S/c1-2-3-4-5-6-7-8-9-10-11-12-21-13-15-22(16-14-21)25-26-23-17-19-24(20-18-23)30(27,28)29/h13-20H,2-12H2,1H3,(H,27,28,29). The molecule has 6 heteroatoms. The Hall–Kier alpha value is -2.05. The fourth-order valence-electron chi connectivity index (χ4n) is 3.35. The lowest BCUT2D eigenvalue weighted by Crippen LogP contribution is -1.96. The molecule has 30 heavy (non-hydrogen) atoms. The zero-order valence-electron chi connectivity index (χ0n) is 18.0. The summed E-state index contributed by atoms with van der Waals surface area (Å²) in [5, 5.41) is 8.28. The van der Waals surface area contributed by atoms with Crippen molar-refractivity contribution in [3.63, 3.8) is 0 Å². The first-order chi connectivity index (χ1) is 14.5. The molecule has 0 bridgehead atoms. The van der Waals surface area contributed by atoms with Gasteiger partial charge < -0.3 is 0 Å². The van der Waals surface area contributed by atoms with Crippen molar-refractivity contribution in [2.24, 2.45) is 10.2 Å². The summed E-state index contributed by atoms with van der Waals surface area (Å²) in [5.41, 5.74) is 2.59. The molecule has 0 heterocycles. The molecule has 0 aliphatic carbocycles. The maximum Gasteiger partial charge on any atom is 0.294 e. The molecule has 0 aliphatic rings. The molecule has 0 aliphatic heterocycles. The van der Waals surface area contributed by atoms with Crippen LogP contribution >= 0.6 is 0 Å². The third-order valence-electron chi connectivity index (χ3n) is 5.17. The molecule has 5 nitrogen and oxygen atoms in total. The van der Waals surface area contributed by atoms with Crippen LogP contribution in [0.1, 0.15) is 76.7 Å². The minimum Gasteiger partial charge on any atom is -0.282 e. The number of nitrogens with zero attached hydrogens (tertiary/aromatic N) is 2. The minimum atomic E-state index is -4.18. The highest BCUT2D eigenvalue weighted by atomic mass is 32.2. The van der Waals surface area contributed by atoms with E-state index >= 15 is 0 Å². The van der Waals surface area contributed by atoms with Gasteiger partial charge in [0.25, 0.3) is 10.1 Å². The summed E-state index contributed by atoms with van der Waals surface area (Å²) >= 11 is 0. The van der Waals surface area contributed by atoms with Crippen molar-refractivity contribution in [3.8, 4) is 0 Å². The van der Waals surface area contributed by atoms with Crippen LogP contribution in [-0.4, -0.2) is 13.0 Å². The highest BCUT2D eigenvalue weighted by Crippen LogP contribution is 2.21. The normalized spacial score (nSPS) is 11.9. The topological polar surface area (TPSA) is 79.1 Å². The molecule has 0 spiro atoms. The number of rotatable bonds is 14. The Bertz CT molecular complexity index is 860. The zero-order chi connectivity index (χ0) is 21.7. The Morgan fingerprint density at radius 3 is 1.57 bits per heavy atom. The summed E-state index contributed by atoms with van der Waals surface area (Å²) in [4.78, 5) is -0.155. The largest absolute Gasteiger partial charge is 0.294 e. The molecule has 0 fully saturated rings. The third-order valence-corrected chi connectivity index (χ3v) is 6.04. The first-order valence-electron chi connectivity index (χ1n) is 11.1. The minimum absolute atomic E-state index is 0.155. The molecule has 0 atom stereocenters. The average molecular weight is 431 g/mol. The van der Waals surface area contributed by atoms with Gasteiger partial charge in [0.1, 0.15) is 0 Å². The van der Waals surface area contributed by atoms with E-state index in [4.69, 9.17) is 4.55 Å². The summed E-state index contributed by atoms with van der Waals surface area (Å²) in [6.45, 7) is 2.26. The number of unbranched alkanes of at least 4 members (excludes halogenated alkanes) is 9. The van der Waals surface area contributed by atoms with Crippen molar-refractivity contribution in [2.75, 3.05) is 0 Å². The van der Waals surface area contributed by atoms with E-state index in [1.54, 1.807) is 0 Å². The Morgan fingerprint density at radius 2 is 1.10 bits per heavy atom. The van der Waals surface area contributed by atoms with Gasteiger partial charge in [-0.2, -0.15) is 18.6 Å². The number of azo groups is 1. The van der Waals surface area contributed by atoms with E-state index in [0.29, 0.717) is 5.69 Å². The summed E-state index contributed by atoms with van der Waals surface area (Å²) in [5.74, 6) is 0. The molecule has 2 rings (SSSR count). The first-order valence-corrected chi connectivity index (χ1v) is 12.5. The molecular formula is C24H34N2O3S. The van der Waals surface area contributed by atoms with Crippen molar-refractivity contribution < 1.29 is 13.0 Å². The fourth-order valence-corrected chi connectivity index (χ4v) is 3.83. The predicted molar refractivity (Wildman–Crippen MR) is 122 cm³/mol. The Labute approximate surface area is 181 Å². The predicted octanol–water partition coefficient (Wildman–Crippen LogP) is 7.81. The van der Waals surface area contributed by atoms with E-state index in [1.807, 2.05) is 12.1 Å². The van der Waals surface area contributed by atoms with Gasteiger partial charge >= 0.3 is 0 Å². The van der Waals surface area contributed by atoms with Gasteiger partial charge in [0, 0.05) is 0 Å². The zero-order valence-corrected chi connectivity index (χ0v) is 18.8. The van der Waals surface area contributed by atoms with Gasteiger partial charge in [-0.25, -0.2) is 0 Å². The Balaban J connectivity index is 1.65. The summed E-state index contributed by atoms with van der Waals surface area (Å²) in [6.07, 6.45) is 14.5. The monoisotopic (exact) mass is 430 g/mol. The van der Waals surface area contributed by atoms with Crippen LogP contribution in [0.25, 0.3) is 0 Å². The van der Waals surface area contributed by atoms with Gasteiger partial charge in [0.05, 0.1) is 16.3 Å². The van der Waals surface area contributed by atoms with E-state index in [0.717, 1.165) is 12.1 Å². The van der Waals surface area contributed by atoms with Gasteiger partial charge in [-0.1, -0.05) is 76.8 Å². The van der Waals surface area contributed by atoms with E-state index in [-0.39, 0.29) is 4.90 Å². The van der Waals surface area contributed by atoms with Crippen molar-refractivity contribution in [1.29, 1.82) is 0 Å². The number of aryl methyl sites for hydroxylation is 1. The number of hydrogen-bond donors (Lipinski definition) is 1. The van der Waals surface area contributed by atoms with Crippen LogP contribution in [0.3, 0.4) is 0 Å². The van der Waals surface area contributed by atoms with Crippen molar-refractivity contribution >= 4 is 21.5 Å². The third kappa shape index (κ3) is 9.63. The van der Waals surface area contributed by atoms with E-state index in [2.05, 4.69) is 29.3 Å². The molecular weight excluding hydrogens is 396 g/mol. The first kappa shape index (κ1) is 24.2. The molecule has 0 saturated heterocycles. The van der Waals surface area contributed by atoms with Crippen LogP contribution in [0.4, 0.5) is 11.4 Å². The maximum absolute atomic E-state index is 11.0. The molecule has 164 valence electrons. The summed E-state index contributed by atoms with van der Waals surface area (Å²) in [7, 11) is -4.18. The van der Waals surface area contributed by atoms with Crippen molar-refractivity contribution in [2.45, 2.75) is 82.4 Å². The second-order valence-corrected chi connectivity index (χ2v) is 9.19.